The average Bonchev–Trinajstić information content (AvgIpc) is 2.29. The molecule has 0 aromatic heterocycles. The van der Waals surface area contributed by atoms with Crippen LogP contribution in [0.25, 0.3) is 0 Å². The summed E-state index contributed by atoms with van der Waals surface area (Å²) in [5, 5.41) is 0. The molecule has 1 aliphatic rings. The van der Waals surface area contributed by atoms with Crippen LogP contribution in [0.3, 0.4) is 0 Å². The van der Waals surface area contributed by atoms with E-state index in [-0.39, 0.29) is 0 Å². The van der Waals surface area contributed by atoms with Crippen LogP contribution in [0.15, 0.2) is 28.7 Å². The van der Waals surface area contributed by atoms with E-state index in [1.807, 2.05) is 0 Å². The van der Waals surface area contributed by atoms with E-state index in [2.05, 4.69) is 67.9 Å². The summed E-state index contributed by atoms with van der Waals surface area (Å²) in [5.41, 5.74) is 1.41. The average molecular weight is 361 g/mol. The Morgan fingerprint density at radius 3 is 2.65 bits per heavy atom. The molecule has 94 valence electrons. The zero-order chi connectivity index (χ0) is 12.3. The molecule has 0 radical (unpaired) electrons. The Morgan fingerprint density at radius 2 is 2.06 bits per heavy atom. The van der Waals surface area contributed by atoms with Gasteiger partial charge in [-0.1, -0.05) is 50.9 Å². The Bertz CT molecular complexity index is 357. The molecule has 1 aromatic carbocycles. The predicted octanol–water partition coefficient (Wildman–Crippen LogP) is 4.44. The lowest BCUT2D eigenvalue weighted by Gasteiger charge is -2.33. The van der Waals surface area contributed by atoms with E-state index in [1.54, 1.807) is 0 Å². The lowest BCUT2D eigenvalue weighted by atomic mass is 9.94. The molecule has 1 saturated heterocycles. The van der Waals surface area contributed by atoms with Crippen molar-refractivity contribution in [3.8, 4) is 0 Å². The summed E-state index contributed by atoms with van der Waals surface area (Å²) in [5.74, 6) is 0.855. The van der Waals surface area contributed by atoms with Crippen molar-refractivity contribution in [2.75, 3.05) is 13.1 Å². The van der Waals surface area contributed by atoms with Crippen molar-refractivity contribution in [1.29, 1.82) is 0 Å². The third-order valence-electron chi connectivity index (χ3n) is 3.58. The maximum absolute atomic E-state index is 3.71. The summed E-state index contributed by atoms with van der Waals surface area (Å²) in [6, 6.07) is 8.64. The number of likely N-dealkylation sites (tertiary alicyclic amines) is 1. The van der Waals surface area contributed by atoms with Crippen molar-refractivity contribution in [3.05, 3.63) is 34.3 Å². The Hall–Kier alpha value is 0.140. The summed E-state index contributed by atoms with van der Waals surface area (Å²) >= 11 is 7.24. The molecule has 1 aliphatic heterocycles. The minimum absolute atomic E-state index is 0.663. The molecule has 1 atom stereocenters. The summed E-state index contributed by atoms with van der Waals surface area (Å²) < 4.78 is 1.18. The highest BCUT2D eigenvalue weighted by atomic mass is 79.9. The van der Waals surface area contributed by atoms with Crippen molar-refractivity contribution >= 4 is 31.9 Å². The number of benzene rings is 1. The fraction of sp³-hybridized carbons (Fsp3) is 0.571. The SMILES string of the molecule is CC(Br)C1CCN(Cc2cccc(Br)c2)CC1. The van der Waals surface area contributed by atoms with Gasteiger partial charge < -0.3 is 0 Å². The van der Waals surface area contributed by atoms with Gasteiger partial charge in [0.2, 0.25) is 0 Å². The van der Waals surface area contributed by atoms with Crippen LogP contribution in [0, 0.1) is 5.92 Å². The first-order valence-corrected chi connectivity index (χ1v) is 7.97. The zero-order valence-electron chi connectivity index (χ0n) is 10.2. The van der Waals surface area contributed by atoms with E-state index in [0.717, 1.165) is 12.5 Å². The minimum atomic E-state index is 0.663. The van der Waals surface area contributed by atoms with Crippen LogP contribution in [0.4, 0.5) is 0 Å². The smallest absolute Gasteiger partial charge is 0.0234 e. The van der Waals surface area contributed by atoms with Crippen LogP contribution < -0.4 is 0 Å². The standard InChI is InChI=1S/C14H19Br2N/c1-11(15)13-5-7-17(8-6-13)10-12-3-2-4-14(16)9-12/h2-4,9,11,13H,5-8,10H2,1H3. The molecular formula is C14H19Br2N. The second kappa shape index (κ2) is 6.35. The normalized spacial score (nSPS) is 20.4. The Labute approximate surface area is 121 Å². The first kappa shape index (κ1) is 13.6. The first-order valence-electron chi connectivity index (χ1n) is 6.26. The first-order chi connectivity index (χ1) is 8.15. The van der Waals surface area contributed by atoms with Crippen molar-refractivity contribution in [2.45, 2.75) is 31.1 Å². The third kappa shape index (κ3) is 4.08. The van der Waals surface area contributed by atoms with Crippen LogP contribution in [0.1, 0.15) is 25.3 Å². The Morgan fingerprint density at radius 1 is 1.35 bits per heavy atom. The number of piperidine rings is 1. The Kier molecular flexibility index (Phi) is 5.07. The highest BCUT2D eigenvalue weighted by Crippen LogP contribution is 2.26. The number of hydrogen-bond acceptors (Lipinski definition) is 1. The van der Waals surface area contributed by atoms with Gasteiger partial charge in [0.25, 0.3) is 0 Å². The molecule has 0 bridgehead atoms. The molecule has 17 heavy (non-hydrogen) atoms. The predicted molar refractivity (Wildman–Crippen MR) is 80.5 cm³/mol. The van der Waals surface area contributed by atoms with Crippen LogP contribution in [0.5, 0.6) is 0 Å². The van der Waals surface area contributed by atoms with Crippen molar-refractivity contribution in [1.82, 2.24) is 4.90 Å². The van der Waals surface area contributed by atoms with Gasteiger partial charge in [-0.15, -0.1) is 0 Å². The van der Waals surface area contributed by atoms with Crippen LogP contribution >= 0.6 is 31.9 Å². The highest BCUT2D eigenvalue weighted by molar-refractivity contribution is 9.10. The highest BCUT2D eigenvalue weighted by Gasteiger charge is 2.22. The van der Waals surface area contributed by atoms with Crippen LogP contribution in [-0.4, -0.2) is 22.8 Å². The maximum atomic E-state index is 3.71. The van der Waals surface area contributed by atoms with Gasteiger partial charge in [0.15, 0.2) is 0 Å². The van der Waals surface area contributed by atoms with E-state index in [4.69, 9.17) is 0 Å². The molecule has 1 fully saturated rings. The van der Waals surface area contributed by atoms with Crippen molar-refractivity contribution in [3.63, 3.8) is 0 Å². The lowest BCUT2D eigenvalue weighted by Crippen LogP contribution is -2.35. The number of nitrogens with zero attached hydrogens (tertiary/aromatic N) is 1. The van der Waals surface area contributed by atoms with Gasteiger partial charge in [-0.05, 0) is 49.5 Å². The van der Waals surface area contributed by atoms with Gasteiger partial charge in [-0.25, -0.2) is 0 Å². The second-order valence-corrected chi connectivity index (χ2v) is 7.28. The number of rotatable bonds is 3. The number of halogens is 2. The fourth-order valence-corrected chi connectivity index (χ4v) is 3.44. The van der Waals surface area contributed by atoms with E-state index in [9.17, 15) is 0 Å². The maximum Gasteiger partial charge on any atom is 0.0234 e. The van der Waals surface area contributed by atoms with Crippen LogP contribution in [-0.2, 0) is 6.54 Å². The van der Waals surface area contributed by atoms with Gasteiger partial charge >= 0.3 is 0 Å². The Balaban J connectivity index is 1.86. The summed E-state index contributed by atoms with van der Waals surface area (Å²) in [7, 11) is 0. The van der Waals surface area contributed by atoms with Gasteiger partial charge in [0.05, 0.1) is 0 Å². The minimum Gasteiger partial charge on any atom is -0.299 e. The van der Waals surface area contributed by atoms with Crippen molar-refractivity contribution < 1.29 is 0 Å². The summed E-state index contributed by atoms with van der Waals surface area (Å²) in [6.07, 6.45) is 2.64. The molecule has 0 saturated carbocycles. The molecule has 3 heteroatoms. The molecule has 0 amide bonds. The lowest BCUT2D eigenvalue weighted by molar-refractivity contribution is 0.178. The van der Waals surface area contributed by atoms with E-state index < -0.39 is 0 Å². The molecule has 1 heterocycles. The van der Waals surface area contributed by atoms with Gasteiger partial charge in [0, 0.05) is 15.8 Å². The quantitative estimate of drug-likeness (QED) is 0.720. The fourth-order valence-electron chi connectivity index (χ4n) is 2.46. The van der Waals surface area contributed by atoms with E-state index in [0.29, 0.717) is 4.83 Å². The second-order valence-electron chi connectivity index (χ2n) is 4.92. The molecule has 2 rings (SSSR count). The molecule has 0 spiro atoms. The topological polar surface area (TPSA) is 3.24 Å². The molecule has 1 nitrogen and oxygen atoms in total. The molecule has 0 N–H and O–H groups in total. The van der Waals surface area contributed by atoms with Gasteiger partial charge in [-0.2, -0.15) is 0 Å². The monoisotopic (exact) mass is 359 g/mol. The van der Waals surface area contributed by atoms with Crippen molar-refractivity contribution in [2.24, 2.45) is 5.92 Å². The van der Waals surface area contributed by atoms with Gasteiger partial charge in [-0.3, -0.25) is 4.90 Å². The summed E-state index contributed by atoms with van der Waals surface area (Å²) in [4.78, 5) is 3.23. The summed E-state index contributed by atoms with van der Waals surface area (Å²) in [6.45, 7) is 5.82. The molecular weight excluding hydrogens is 342 g/mol. The number of hydrogen-bond donors (Lipinski definition) is 0. The third-order valence-corrected chi connectivity index (χ3v) is 4.82. The van der Waals surface area contributed by atoms with E-state index in [1.165, 1.54) is 36.0 Å². The zero-order valence-corrected chi connectivity index (χ0v) is 13.4. The number of alkyl halides is 1. The largest absolute Gasteiger partial charge is 0.299 e. The molecule has 0 aliphatic carbocycles. The van der Waals surface area contributed by atoms with Crippen LogP contribution in [0.2, 0.25) is 0 Å². The van der Waals surface area contributed by atoms with E-state index >= 15 is 0 Å². The molecule has 1 unspecified atom stereocenters. The molecule has 1 aromatic rings. The van der Waals surface area contributed by atoms with Gasteiger partial charge in [0.1, 0.15) is 0 Å².